The number of benzene rings is 1. The predicted octanol–water partition coefficient (Wildman–Crippen LogP) is 4.12. The van der Waals surface area contributed by atoms with Crippen molar-refractivity contribution >= 4 is 23.4 Å². The van der Waals surface area contributed by atoms with E-state index in [2.05, 4.69) is 0 Å². The fourth-order valence-electron chi connectivity index (χ4n) is 3.30. The molecule has 0 amide bonds. The Labute approximate surface area is 162 Å². The molecular weight excluding hydrogens is 373 g/mol. The van der Waals surface area contributed by atoms with E-state index in [1.54, 1.807) is 6.07 Å². The molecule has 0 aliphatic carbocycles. The van der Waals surface area contributed by atoms with E-state index in [0.717, 1.165) is 36.9 Å². The number of carbonyl (C=O) groups is 2. The second-order valence-corrected chi connectivity index (χ2v) is 7.09. The number of rotatable bonds is 6. The van der Waals surface area contributed by atoms with Crippen molar-refractivity contribution in [3.8, 4) is 0 Å². The molecule has 3 rings (SSSR count). The summed E-state index contributed by atoms with van der Waals surface area (Å²) >= 11 is 5.67. The van der Waals surface area contributed by atoms with Crippen LogP contribution < -0.4 is 0 Å². The highest BCUT2D eigenvalue weighted by Crippen LogP contribution is 2.21. The van der Waals surface area contributed by atoms with Crippen LogP contribution in [0.3, 0.4) is 0 Å². The Balaban J connectivity index is 1.66. The molecule has 1 aliphatic heterocycles. The molecule has 2 heterocycles. The first-order chi connectivity index (χ1) is 12.9. The quantitative estimate of drug-likeness (QED) is 0.547. The standard InChI is InChI=1S/C20H21ClFNO4/c1-12-8-17(13(2)23(12)10-15-4-3-7-26-15)19(24)11-27-20(25)16-6-5-14(21)9-18(16)22/h5-6,8-9,15H,3-4,7,10-11H2,1-2H3/t15-/m0/s1. The van der Waals surface area contributed by atoms with Crippen molar-refractivity contribution in [1.82, 2.24) is 4.57 Å². The third kappa shape index (κ3) is 4.39. The zero-order valence-electron chi connectivity index (χ0n) is 15.3. The molecule has 27 heavy (non-hydrogen) atoms. The van der Waals surface area contributed by atoms with Gasteiger partial charge >= 0.3 is 5.97 Å². The minimum absolute atomic E-state index is 0.156. The number of nitrogens with zero attached hydrogens (tertiary/aromatic N) is 1. The van der Waals surface area contributed by atoms with Crippen LogP contribution in [-0.2, 0) is 16.0 Å². The van der Waals surface area contributed by atoms with Crippen LogP contribution in [0.5, 0.6) is 0 Å². The number of hydrogen-bond donors (Lipinski definition) is 0. The number of halogens is 2. The van der Waals surface area contributed by atoms with Gasteiger partial charge in [0, 0.05) is 35.1 Å². The average Bonchev–Trinajstić information content (AvgIpc) is 3.23. The van der Waals surface area contributed by atoms with E-state index < -0.39 is 18.4 Å². The molecule has 0 bridgehead atoms. The van der Waals surface area contributed by atoms with Crippen molar-refractivity contribution in [2.45, 2.75) is 39.3 Å². The first-order valence-corrected chi connectivity index (χ1v) is 9.18. The van der Waals surface area contributed by atoms with Crippen LogP contribution in [0.4, 0.5) is 4.39 Å². The van der Waals surface area contributed by atoms with E-state index in [4.69, 9.17) is 21.1 Å². The molecular formula is C20H21ClFNO4. The number of aryl methyl sites for hydroxylation is 1. The summed E-state index contributed by atoms with van der Waals surface area (Å²) < 4.78 is 26.5. The zero-order chi connectivity index (χ0) is 19.6. The lowest BCUT2D eigenvalue weighted by Crippen LogP contribution is -2.18. The smallest absolute Gasteiger partial charge is 0.341 e. The van der Waals surface area contributed by atoms with E-state index >= 15 is 0 Å². The maximum atomic E-state index is 13.8. The average molecular weight is 394 g/mol. The molecule has 7 heteroatoms. The van der Waals surface area contributed by atoms with Crippen LogP contribution in [0.1, 0.15) is 44.9 Å². The van der Waals surface area contributed by atoms with Crippen LogP contribution in [-0.4, -0.2) is 35.6 Å². The van der Waals surface area contributed by atoms with Crippen LogP contribution >= 0.6 is 11.6 Å². The molecule has 1 saturated heterocycles. The SMILES string of the molecule is Cc1cc(C(=O)COC(=O)c2ccc(Cl)cc2F)c(C)n1C[C@@H]1CCCO1. The molecule has 0 saturated carbocycles. The minimum atomic E-state index is -0.898. The molecule has 5 nitrogen and oxygen atoms in total. The van der Waals surface area contributed by atoms with Crippen molar-refractivity contribution in [3.63, 3.8) is 0 Å². The summed E-state index contributed by atoms with van der Waals surface area (Å²) in [5.41, 5.74) is 1.99. The summed E-state index contributed by atoms with van der Waals surface area (Å²) in [5.74, 6) is -2.01. The summed E-state index contributed by atoms with van der Waals surface area (Å²) in [6.07, 6.45) is 2.21. The van der Waals surface area contributed by atoms with Crippen molar-refractivity contribution < 1.29 is 23.5 Å². The number of esters is 1. The largest absolute Gasteiger partial charge is 0.454 e. The van der Waals surface area contributed by atoms with Gasteiger partial charge in [0.25, 0.3) is 0 Å². The number of aromatic nitrogens is 1. The molecule has 1 atom stereocenters. The summed E-state index contributed by atoms with van der Waals surface area (Å²) in [4.78, 5) is 24.5. The van der Waals surface area contributed by atoms with Gasteiger partial charge in [0.05, 0.1) is 11.7 Å². The van der Waals surface area contributed by atoms with Gasteiger partial charge in [-0.3, -0.25) is 4.79 Å². The summed E-state index contributed by atoms with van der Waals surface area (Å²) in [5, 5.41) is 0.179. The van der Waals surface area contributed by atoms with Crippen LogP contribution in [0.25, 0.3) is 0 Å². The monoisotopic (exact) mass is 393 g/mol. The number of Topliss-reactive ketones (excluding diaryl/α,β-unsaturated/α-hetero) is 1. The molecule has 0 radical (unpaired) electrons. The highest BCUT2D eigenvalue weighted by atomic mass is 35.5. The molecule has 0 N–H and O–H groups in total. The van der Waals surface area contributed by atoms with Crippen LogP contribution in [0, 0.1) is 19.7 Å². The molecule has 1 aliphatic rings. The predicted molar refractivity (Wildman–Crippen MR) is 98.9 cm³/mol. The van der Waals surface area contributed by atoms with Gasteiger partial charge in [-0.05, 0) is 51.0 Å². The Morgan fingerprint density at radius 2 is 2.07 bits per heavy atom. The van der Waals surface area contributed by atoms with Crippen molar-refractivity contribution in [2.75, 3.05) is 13.2 Å². The van der Waals surface area contributed by atoms with E-state index in [1.807, 2.05) is 18.4 Å². The first-order valence-electron chi connectivity index (χ1n) is 8.80. The number of ether oxygens (including phenoxy) is 2. The molecule has 0 unspecified atom stereocenters. The second-order valence-electron chi connectivity index (χ2n) is 6.65. The second kappa shape index (κ2) is 8.23. The summed E-state index contributed by atoms with van der Waals surface area (Å²) in [7, 11) is 0. The van der Waals surface area contributed by atoms with Gasteiger partial charge in [-0.15, -0.1) is 0 Å². The lowest BCUT2D eigenvalue weighted by Gasteiger charge is -2.14. The Hall–Kier alpha value is -2.18. The van der Waals surface area contributed by atoms with Crippen molar-refractivity contribution in [2.24, 2.45) is 0 Å². The summed E-state index contributed by atoms with van der Waals surface area (Å²) in [6.45, 7) is 4.79. The highest BCUT2D eigenvalue weighted by molar-refractivity contribution is 6.30. The molecule has 0 spiro atoms. The zero-order valence-corrected chi connectivity index (χ0v) is 16.0. The number of hydrogen-bond acceptors (Lipinski definition) is 4. The normalized spacial score (nSPS) is 16.5. The lowest BCUT2D eigenvalue weighted by atomic mass is 10.1. The maximum absolute atomic E-state index is 13.8. The topological polar surface area (TPSA) is 57.5 Å². The molecule has 1 fully saturated rings. The highest BCUT2D eigenvalue weighted by Gasteiger charge is 2.22. The van der Waals surface area contributed by atoms with E-state index in [1.165, 1.54) is 12.1 Å². The van der Waals surface area contributed by atoms with Crippen molar-refractivity contribution in [3.05, 3.63) is 57.6 Å². The molecule has 144 valence electrons. The van der Waals surface area contributed by atoms with Gasteiger partial charge in [0.2, 0.25) is 5.78 Å². The van der Waals surface area contributed by atoms with E-state index in [0.29, 0.717) is 12.1 Å². The molecule has 1 aromatic heterocycles. The third-order valence-electron chi connectivity index (χ3n) is 4.77. The Bertz CT molecular complexity index is 871. The first kappa shape index (κ1) is 19.6. The van der Waals surface area contributed by atoms with E-state index in [-0.39, 0.29) is 22.5 Å². The summed E-state index contributed by atoms with van der Waals surface area (Å²) in [6, 6.07) is 5.43. The van der Waals surface area contributed by atoms with Gasteiger partial charge in [0.15, 0.2) is 6.61 Å². The van der Waals surface area contributed by atoms with Crippen molar-refractivity contribution in [1.29, 1.82) is 0 Å². The minimum Gasteiger partial charge on any atom is -0.454 e. The van der Waals surface area contributed by atoms with Gasteiger partial charge in [-0.25, -0.2) is 9.18 Å². The van der Waals surface area contributed by atoms with E-state index in [9.17, 15) is 14.0 Å². The number of carbonyl (C=O) groups excluding carboxylic acids is 2. The van der Waals surface area contributed by atoms with Gasteiger partial charge in [-0.1, -0.05) is 11.6 Å². The van der Waals surface area contributed by atoms with Gasteiger partial charge < -0.3 is 14.0 Å². The van der Waals surface area contributed by atoms with Gasteiger partial charge in [-0.2, -0.15) is 0 Å². The molecule has 2 aromatic rings. The fraction of sp³-hybridized carbons (Fsp3) is 0.400. The van der Waals surface area contributed by atoms with Crippen LogP contribution in [0.15, 0.2) is 24.3 Å². The maximum Gasteiger partial charge on any atom is 0.341 e. The van der Waals surface area contributed by atoms with Gasteiger partial charge in [0.1, 0.15) is 5.82 Å². The third-order valence-corrected chi connectivity index (χ3v) is 5.00. The molecule has 1 aromatic carbocycles. The Kier molecular flexibility index (Phi) is 5.97. The number of ketones is 1. The Morgan fingerprint density at radius 3 is 2.74 bits per heavy atom. The fourth-order valence-corrected chi connectivity index (χ4v) is 3.46. The van der Waals surface area contributed by atoms with Crippen LogP contribution in [0.2, 0.25) is 5.02 Å². The lowest BCUT2D eigenvalue weighted by molar-refractivity contribution is 0.0470. The Morgan fingerprint density at radius 1 is 1.30 bits per heavy atom.